The fourth-order valence-corrected chi connectivity index (χ4v) is 1.70. The first-order valence-corrected chi connectivity index (χ1v) is 4.82. The van der Waals surface area contributed by atoms with E-state index in [2.05, 4.69) is 4.74 Å². The zero-order valence-corrected chi connectivity index (χ0v) is 8.33. The summed E-state index contributed by atoms with van der Waals surface area (Å²) in [6, 6.07) is -0.139. The van der Waals surface area contributed by atoms with Gasteiger partial charge in [-0.05, 0) is 12.3 Å². The second-order valence-electron chi connectivity index (χ2n) is 3.42. The molecule has 2 unspecified atom stereocenters. The van der Waals surface area contributed by atoms with Gasteiger partial charge < -0.3 is 14.7 Å². The monoisotopic (exact) mass is 207 g/mol. The molecule has 0 aromatic carbocycles. The molecule has 13 heavy (non-hydrogen) atoms. The molecule has 0 bridgehead atoms. The molecule has 1 fully saturated rings. The number of aliphatic hydroxyl groups excluding tert-OH is 1. The highest BCUT2D eigenvalue weighted by Gasteiger charge is 2.27. The fourth-order valence-electron chi connectivity index (χ4n) is 1.61. The van der Waals surface area contributed by atoms with E-state index >= 15 is 0 Å². The van der Waals surface area contributed by atoms with Crippen molar-refractivity contribution < 1.29 is 14.6 Å². The van der Waals surface area contributed by atoms with Gasteiger partial charge in [0.05, 0.1) is 6.10 Å². The summed E-state index contributed by atoms with van der Waals surface area (Å²) < 4.78 is 4.62. The minimum absolute atomic E-state index is 0.139. The summed E-state index contributed by atoms with van der Waals surface area (Å²) in [6.45, 7) is 2.97. The van der Waals surface area contributed by atoms with Crippen LogP contribution in [0.4, 0.5) is 4.79 Å². The number of aliphatic hydroxyl groups is 1. The molecule has 1 aliphatic heterocycles. The molecule has 1 heterocycles. The van der Waals surface area contributed by atoms with E-state index in [0.29, 0.717) is 19.0 Å². The number of alkyl halides is 1. The third-order valence-corrected chi connectivity index (χ3v) is 2.18. The third kappa shape index (κ3) is 3.04. The highest BCUT2D eigenvalue weighted by Crippen LogP contribution is 2.16. The number of piperidine rings is 1. The lowest BCUT2D eigenvalue weighted by molar-refractivity contribution is 0.0365. The number of halogens is 1. The molecule has 1 saturated heterocycles. The van der Waals surface area contributed by atoms with Crippen LogP contribution in [0.2, 0.25) is 0 Å². The van der Waals surface area contributed by atoms with Crippen molar-refractivity contribution >= 4 is 17.7 Å². The molecule has 0 aromatic rings. The van der Waals surface area contributed by atoms with Crippen molar-refractivity contribution in [2.75, 3.05) is 19.2 Å². The van der Waals surface area contributed by atoms with Crippen molar-refractivity contribution in [1.29, 1.82) is 0 Å². The predicted molar refractivity (Wildman–Crippen MR) is 48.6 cm³/mol. The van der Waals surface area contributed by atoms with E-state index in [9.17, 15) is 9.90 Å². The number of amides is 1. The SMILES string of the molecule is CC1CC(O)CN(C(=O)OCCl)C1. The van der Waals surface area contributed by atoms with Gasteiger partial charge in [-0.2, -0.15) is 0 Å². The number of hydrogen-bond acceptors (Lipinski definition) is 3. The molecule has 0 aromatic heterocycles. The lowest BCUT2D eigenvalue weighted by atomic mass is 9.98. The lowest BCUT2D eigenvalue weighted by Crippen LogP contribution is -2.45. The number of hydrogen-bond donors (Lipinski definition) is 1. The zero-order valence-electron chi connectivity index (χ0n) is 7.57. The van der Waals surface area contributed by atoms with Gasteiger partial charge in [-0.1, -0.05) is 18.5 Å². The summed E-state index contributed by atoms with van der Waals surface area (Å²) in [5.74, 6) is 0.312. The van der Waals surface area contributed by atoms with Crippen molar-refractivity contribution in [2.45, 2.75) is 19.4 Å². The first-order chi connectivity index (χ1) is 6.13. The maximum absolute atomic E-state index is 11.2. The average Bonchev–Trinajstić information content (AvgIpc) is 2.03. The number of likely N-dealkylation sites (tertiary alicyclic amines) is 1. The van der Waals surface area contributed by atoms with Gasteiger partial charge in [-0.25, -0.2) is 4.79 Å². The molecule has 1 N–H and O–H groups in total. The van der Waals surface area contributed by atoms with Crippen molar-refractivity contribution in [3.8, 4) is 0 Å². The normalized spacial score (nSPS) is 28.7. The Morgan fingerprint density at radius 3 is 2.92 bits per heavy atom. The van der Waals surface area contributed by atoms with Crippen molar-refractivity contribution in [2.24, 2.45) is 5.92 Å². The van der Waals surface area contributed by atoms with Crippen molar-refractivity contribution in [3.63, 3.8) is 0 Å². The summed E-state index contributed by atoms with van der Waals surface area (Å²) >= 11 is 5.26. The standard InChI is InChI=1S/C8H14ClNO3/c1-6-2-7(11)4-10(3-6)8(12)13-5-9/h6-7,11H,2-5H2,1H3. The number of rotatable bonds is 1. The van der Waals surface area contributed by atoms with E-state index in [1.807, 2.05) is 6.92 Å². The Morgan fingerprint density at radius 2 is 2.38 bits per heavy atom. The number of nitrogens with zero attached hydrogens (tertiary/aromatic N) is 1. The Morgan fingerprint density at radius 1 is 1.69 bits per heavy atom. The van der Waals surface area contributed by atoms with E-state index < -0.39 is 12.2 Å². The van der Waals surface area contributed by atoms with Crippen LogP contribution in [-0.4, -0.2) is 41.4 Å². The molecule has 76 valence electrons. The van der Waals surface area contributed by atoms with Crippen LogP contribution < -0.4 is 0 Å². The summed E-state index contributed by atoms with van der Waals surface area (Å²) in [5.41, 5.74) is 0. The van der Waals surface area contributed by atoms with Crippen LogP contribution in [0.15, 0.2) is 0 Å². The molecule has 0 spiro atoms. The Bertz CT molecular complexity index is 178. The molecule has 0 saturated carbocycles. The minimum atomic E-state index is -0.444. The van der Waals surface area contributed by atoms with Crippen LogP contribution in [0.5, 0.6) is 0 Å². The number of carbonyl (C=O) groups excluding carboxylic acids is 1. The van der Waals surface area contributed by atoms with E-state index in [1.165, 1.54) is 4.90 Å². The smallest absolute Gasteiger partial charge is 0.411 e. The van der Waals surface area contributed by atoms with E-state index in [-0.39, 0.29) is 6.07 Å². The maximum atomic E-state index is 11.2. The summed E-state index contributed by atoms with van der Waals surface area (Å²) in [5, 5.41) is 9.38. The number of ether oxygens (including phenoxy) is 1. The van der Waals surface area contributed by atoms with Gasteiger partial charge in [0.15, 0.2) is 6.07 Å². The number of carbonyl (C=O) groups is 1. The third-order valence-electron chi connectivity index (χ3n) is 2.07. The molecule has 2 atom stereocenters. The fraction of sp³-hybridized carbons (Fsp3) is 0.875. The second-order valence-corrected chi connectivity index (χ2v) is 3.64. The van der Waals surface area contributed by atoms with E-state index in [0.717, 1.165) is 6.42 Å². The molecule has 1 rings (SSSR count). The molecule has 4 nitrogen and oxygen atoms in total. The highest BCUT2D eigenvalue weighted by molar-refractivity contribution is 6.17. The predicted octanol–water partition coefficient (Wildman–Crippen LogP) is 1.02. The molecule has 5 heteroatoms. The largest absolute Gasteiger partial charge is 0.433 e. The van der Waals surface area contributed by atoms with Gasteiger partial charge in [0, 0.05) is 13.1 Å². The van der Waals surface area contributed by atoms with Gasteiger partial charge in [0.2, 0.25) is 0 Å². The molecule has 1 aliphatic rings. The van der Waals surface area contributed by atoms with Crippen molar-refractivity contribution in [3.05, 3.63) is 0 Å². The Hall–Kier alpha value is -0.480. The minimum Gasteiger partial charge on any atom is -0.433 e. The van der Waals surface area contributed by atoms with Gasteiger partial charge in [0.1, 0.15) is 0 Å². The molecule has 0 radical (unpaired) electrons. The van der Waals surface area contributed by atoms with Gasteiger partial charge in [0.25, 0.3) is 0 Å². The highest BCUT2D eigenvalue weighted by atomic mass is 35.5. The van der Waals surface area contributed by atoms with Gasteiger partial charge >= 0.3 is 6.09 Å². The van der Waals surface area contributed by atoms with Crippen LogP contribution in [0.3, 0.4) is 0 Å². The van der Waals surface area contributed by atoms with Crippen molar-refractivity contribution in [1.82, 2.24) is 4.90 Å². The van der Waals surface area contributed by atoms with Crippen LogP contribution in [-0.2, 0) is 4.74 Å². The summed E-state index contributed by atoms with van der Waals surface area (Å²) in [4.78, 5) is 12.7. The van der Waals surface area contributed by atoms with E-state index in [1.54, 1.807) is 0 Å². The Labute approximate surface area is 82.4 Å². The van der Waals surface area contributed by atoms with Crippen LogP contribution in [0.25, 0.3) is 0 Å². The molecular weight excluding hydrogens is 194 g/mol. The van der Waals surface area contributed by atoms with Gasteiger partial charge in [-0.3, -0.25) is 0 Å². The number of β-amino-alcohol motifs (C(OH)–C–C–N with tert-alkyl or cyclic N) is 1. The molecular formula is C8H14ClNO3. The first kappa shape index (κ1) is 10.6. The van der Waals surface area contributed by atoms with Crippen LogP contribution in [0.1, 0.15) is 13.3 Å². The summed E-state index contributed by atoms with van der Waals surface area (Å²) in [7, 11) is 0. The quantitative estimate of drug-likeness (QED) is 0.654. The lowest BCUT2D eigenvalue weighted by Gasteiger charge is -2.33. The second kappa shape index (κ2) is 4.67. The molecule has 0 aliphatic carbocycles. The zero-order chi connectivity index (χ0) is 9.84. The Kier molecular flexibility index (Phi) is 3.81. The van der Waals surface area contributed by atoms with Crippen LogP contribution >= 0.6 is 11.6 Å². The van der Waals surface area contributed by atoms with Crippen LogP contribution in [0, 0.1) is 5.92 Å². The average molecular weight is 208 g/mol. The van der Waals surface area contributed by atoms with E-state index in [4.69, 9.17) is 11.6 Å². The Balaban J connectivity index is 2.45. The maximum Gasteiger partial charge on any atom is 0.411 e. The first-order valence-electron chi connectivity index (χ1n) is 4.29. The van der Waals surface area contributed by atoms with Gasteiger partial charge in [-0.15, -0.1) is 0 Å². The molecule has 1 amide bonds. The topological polar surface area (TPSA) is 49.8 Å². The summed E-state index contributed by atoms with van der Waals surface area (Å²) in [6.07, 6.45) is -0.141.